The average Bonchev–Trinajstić information content (AvgIpc) is 3.44. The van der Waals surface area contributed by atoms with E-state index >= 15 is 4.79 Å². The molecule has 234 valence electrons. The topological polar surface area (TPSA) is 121 Å². The molecule has 2 aliphatic heterocycles. The second kappa shape index (κ2) is 10.7. The molecule has 1 saturated carbocycles. The number of aryl methyl sites for hydroxylation is 2. The van der Waals surface area contributed by atoms with Gasteiger partial charge in [-0.25, -0.2) is 9.69 Å². The van der Waals surface area contributed by atoms with E-state index in [1.54, 1.807) is 38.1 Å². The van der Waals surface area contributed by atoms with Crippen LogP contribution in [0.25, 0.3) is 0 Å². The largest absolute Gasteiger partial charge is 0.507 e. The number of imide groups is 4. The Morgan fingerprint density at radius 3 is 2.26 bits per heavy atom. The smallest absolute Gasteiger partial charge is 0.423 e. The van der Waals surface area contributed by atoms with E-state index in [0.717, 1.165) is 12.7 Å². The molecule has 2 aliphatic carbocycles. The Hall–Kier alpha value is -4.76. The Labute approximate surface area is 270 Å². The van der Waals surface area contributed by atoms with Crippen LogP contribution in [0.1, 0.15) is 41.0 Å². The van der Waals surface area contributed by atoms with Crippen LogP contribution in [0.3, 0.4) is 0 Å². The summed E-state index contributed by atoms with van der Waals surface area (Å²) in [6, 6.07) is 19.4. The molecule has 4 aliphatic rings. The Morgan fingerprint density at radius 2 is 1.61 bits per heavy atom. The fraction of sp³-hybridized carbons (Fsp3) is 0.306. The number of halogens is 1. The molecule has 46 heavy (non-hydrogen) atoms. The third-order valence-corrected chi connectivity index (χ3v) is 10.6. The predicted molar refractivity (Wildman–Crippen MR) is 168 cm³/mol. The van der Waals surface area contributed by atoms with Crippen LogP contribution in [0.15, 0.2) is 78.4 Å². The zero-order valence-electron chi connectivity index (χ0n) is 25.4. The van der Waals surface area contributed by atoms with Crippen molar-refractivity contribution in [2.24, 2.45) is 23.7 Å². The van der Waals surface area contributed by atoms with Crippen LogP contribution in [0.5, 0.6) is 5.75 Å². The second-order valence-corrected chi connectivity index (χ2v) is 13.0. The lowest BCUT2D eigenvalue weighted by atomic mass is 9.49. The molecule has 5 amide bonds. The van der Waals surface area contributed by atoms with Gasteiger partial charge in [0.25, 0.3) is 0 Å². The lowest BCUT2D eigenvalue weighted by Gasteiger charge is -2.51. The zero-order chi connectivity index (χ0) is 32.7. The van der Waals surface area contributed by atoms with Gasteiger partial charge < -0.3 is 9.84 Å². The van der Waals surface area contributed by atoms with E-state index in [0.29, 0.717) is 37.9 Å². The van der Waals surface area contributed by atoms with Crippen molar-refractivity contribution in [2.75, 3.05) is 12.0 Å². The Kier molecular flexibility index (Phi) is 6.93. The van der Waals surface area contributed by atoms with Gasteiger partial charge in [0.2, 0.25) is 23.6 Å². The van der Waals surface area contributed by atoms with E-state index in [1.165, 1.54) is 4.90 Å². The Morgan fingerprint density at radius 1 is 0.913 bits per heavy atom. The summed E-state index contributed by atoms with van der Waals surface area (Å²) in [4.78, 5) is 71.5. The number of amides is 5. The molecule has 1 N–H and O–H groups in total. The average molecular weight is 639 g/mol. The number of aromatic hydroxyl groups is 1. The van der Waals surface area contributed by atoms with Gasteiger partial charge >= 0.3 is 6.09 Å². The molecule has 3 aromatic carbocycles. The summed E-state index contributed by atoms with van der Waals surface area (Å²) in [5, 5.41) is 11.1. The number of ether oxygens (including phenoxy) is 1. The Balaban J connectivity index is 1.51. The first-order chi connectivity index (χ1) is 22.0. The minimum Gasteiger partial charge on any atom is -0.507 e. The van der Waals surface area contributed by atoms with Gasteiger partial charge in [0.1, 0.15) is 5.75 Å². The Bertz CT molecular complexity index is 1860. The van der Waals surface area contributed by atoms with Gasteiger partial charge in [-0.05, 0) is 73.1 Å². The van der Waals surface area contributed by atoms with Gasteiger partial charge in [-0.15, -0.1) is 0 Å². The van der Waals surface area contributed by atoms with Gasteiger partial charge in [0.15, 0.2) is 0 Å². The first-order valence-electron chi connectivity index (χ1n) is 15.2. The van der Waals surface area contributed by atoms with Gasteiger partial charge in [0.05, 0.1) is 36.0 Å². The van der Waals surface area contributed by atoms with Gasteiger partial charge in [-0.2, -0.15) is 4.90 Å². The number of anilines is 1. The third-order valence-electron chi connectivity index (χ3n) is 10.4. The summed E-state index contributed by atoms with van der Waals surface area (Å²) >= 11 is 6.34. The normalized spacial score (nSPS) is 28.5. The molecule has 2 saturated heterocycles. The minimum absolute atomic E-state index is 0.101. The number of hydrogen-bond donors (Lipinski definition) is 1. The number of fused-ring (bicyclic) bond motifs is 4. The van der Waals surface area contributed by atoms with Crippen LogP contribution in [0.2, 0.25) is 5.02 Å². The standard InChI is InChI=1S/C36H31ClN2O7/c1-18-14-20(15-19(2)30(18)40)29-24-12-13-25-28(33(43)39(31(25)41)35(45)46-3)26(24)17-27-32(42)38(23-11-7-10-22(37)16-23)34(44)36(27,29)21-8-5-4-6-9-21/h4-12,14-16,25-29,40H,13,17H2,1-3H3/t25-,26+,27-,28-,29-,36+/m0/s1. The maximum absolute atomic E-state index is 15.2. The van der Waals surface area contributed by atoms with Crippen LogP contribution in [-0.2, 0) is 29.3 Å². The van der Waals surface area contributed by atoms with Gasteiger partial charge in [-0.1, -0.05) is 71.8 Å². The summed E-state index contributed by atoms with van der Waals surface area (Å²) in [5.41, 5.74) is 2.20. The van der Waals surface area contributed by atoms with E-state index in [1.807, 2.05) is 48.5 Å². The van der Waals surface area contributed by atoms with Crippen LogP contribution < -0.4 is 4.90 Å². The number of phenolic OH excluding ortho intramolecular Hbond substituents is 1. The van der Waals surface area contributed by atoms with E-state index in [2.05, 4.69) is 0 Å². The number of hydrogen-bond acceptors (Lipinski definition) is 7. The molecular formula is C36H31ClN2O7. The van der Waals surface area contributed by atoms with Gasteiger partial charge in [0, 0.05) is 10.9 Å². The number of allylic oxidation sites excluding steroid dienone is 2. The van der Waals surface area contributed by atoms with Gasteiger partial charge in [-0.3, -0.25) is 19.2 Å². The van der Waals surface area contributed by atoms with Crippen molar-refractivity contribution in [3.63, 3.8) is 0 Å². The highest BCUT2D eigenvalue weighted by Crippen LogP contribution is 2.64. The van der Waals surface area contributed by atoms with Crippen molar-refractivity contribution in [1.29, 1.82) is 0 Å². The van der Waals surface area contributed by atoms with Crippen LogP contribution in [0.4, 0.5) is 10.5 Å². The highest BCUT2D eigenvalue weighted by Gasteiger charge is 2.70. The van der Waals surface area contributed by atoms with Crippen molar-refractivity contribution < 1.29 is 33.8 Å². The van der Waals surface area contributed by atoms with Crippen molar-refractivity contribution in [3.05, 3.63) is 106 Å². The summed E-state index contributed by atoms with van der Waals surface area (Å²) in [6.07, 6.45) is 1.16. The highest BCUT2D eigenvalue weighted by atomic mass is 35.5. The van der Waals surface area contributed by atoms with E-state index < -0.39 is 64.7 Å². The SMILES string of the molecule is COC(=O)N1C(=O)[C@H]2[C@H](CC=C3[C@H]2C[C@H]2C(=O)N(c4cccc(Cl)c4)C(=O)[C@@]2(c2ccccc2)[C@H]3c2cc(C)c(O)c(C)c2)C1=O. The molecule has 0 unspecified atom stereocenters. The van der Waals surface area contributed by atoms with Crippen molar-refractivity contribution in [1.82, 2.24) is 4.90 Å². The second-order valence-electron chi connectivity index (χ2n) is 12.6. The molecule has 9 nitrogen and oxygen atoms in total. The fourth-order valence-electron chi connectivity index (χ4n) is 8.55. The molecule has 3 fully saturated rings. The number of nitrogens with zero attached hydrogens (tertiary/aromatic N) is 2. The number of carbonyl (C=O) groups excluding carboxylic acids is 5. The lowest BCUT2D eigenvalue weighted by Crippen LogP contribution is -2.53. The van der Waals surface area contributed by atoms with Crippen molar-refractivity contribution in [3.8, 4) is 5.75 Å². The molecule has 0 radical (unpaired) electrons. The summed E-state index contributed by atoms with van der Waals surface area (Å²) in [5.74, 6) is -6.03. The van der Waals surface area contributed by atoms with Crippen molar-refractivity contribution >= 4 is 47.0 Å². The maximum atomic E-state index is 15.2. The predicted octanol–water partition coefficient (Wildman–Crippen LogP) is 5.59. The van der Waals surface area contributed by atoms with E-state index in [-0.39, 0.29) is 18.6 Å². The minimum atomic E-state index is -1.43. The quantitative estimate of drug-likeness (QED) is 0.293. The summed E-state index contributed by atoms with van der Waals surface area (Å²) in [6.45, 7) is 3.55. The molecule has 0 bridgehead atoms. The molecule has 3 aromatic rings. The third kappa shape index (κ3) is 3.97. The summed E-state index contributed by atoms with van der Waals surface area (Å²) in [7, 11) is 1.11. The zero-order valence-corrected chi connectivity index (χ0v) is 26.2. The van der Waals surface area contributed by atoms with Crippen LogP contribution in [-0.4, -0.2) is 46.8 Å². The molecule has 6 atom stereocenters. The fourth-order valence-corrected chi connectivity index (χ4v) is 8.73. The van der Waals surface area contributed by atoms with Crippen LogP contribution in [0, 0.1) is 37.5 Å². The lowest BCUT2D eigenvalue weighted by molar-refractivity contribution is -0.138. The van der Waals surface area contributed by atoms with E-state index in [4.69, 9.17) is 16.3 Å². The number of likely N-dealkylation sites (tertiary alicyclic amines) is 1. The molecule has 2 heterocycles. The first kappa shape index (κ1) is 29.9. The first-order valence-corrected chi connectivity index (χ1v) is 15.5. The number of phenols is 1. The number of benzene rings is 3. The summed E-state index contributed by atoms with van der Waals surface area (Å²) < 4.78 is 4.78. The molecule has 0 aromatic heterocycles. The monoisotopic (exact) mass is 638 g/mol. The molecule has 0 spiro atoms. The number of carbonyl (C=O) groups is 5. The molecule has 7 rings (SSSR count). The molecular weight excluding hydrogens is 608 g/mol. The van der Waals surface area contributed by atoms with E-state index in [9.17, 15) is 24.3 Å². The molecule has 10 heteroatoms. The van der Waals surface area contributed by atoms with Crippen LogP contribution >= 0.6 is 11.6 Å². The van der Waals surface area contributed by atoms with Crippen molar-refractivity contribution in [2.45, 2.75) is 38.0 Å². The number of methoxy groups -OCH3 is 1. The maximum Gasteiger partial charge on any atom is 0.423 e. The highest BCUT2D eigenvalue weighted by molar-refractivity contribution is 6.32. The number of rotatable bonds is 3.